The molecule has 2 N–H and O–H groups in total. The Morgan fingerprint density at radius 2 is 2.41 bits per heavy atom. The van der Waals surface area contributed by atoms with Gasteiger partial charge in [-0.05, 0) is 18.6 Å². The van der Waals surface area contributed by atoms with E-state index in [0.29, 0.717) is 6.54 Å². The molecule has 2 rings (SSSR count). The van der Waals surface area contributed by atoms with Gasteiger partial charge in [0.15, 0.2) is 5.69 Å². The molecule has 2 aromatic heterocycles. The molecule has 0 bridgehead atoms. The topological polar surface area (TPSA) is 75.4 Å². The minimum atomic E-state index is -1.10. The van der Waals surface area contributed by atoms with Crippen LogP contribution in [0.4, 0.5) is 6.01 Å². The van der Waals surface area contributed by atoms with E-state index in [9.17, 15) is 4.79 Å². The molecule has 0 radical (unpaired) electrons. The predicted octanol–water partition coefficient (Wildman–Crippen LogP) is 2.74. The summed E-state index contributed by atoms with van der Waals surface area (Å²) in [4.78, 5) is 15.4. The lowest BCUT2D eigenvalue weighted by Crippen LogP contribution is -2.04. The molecule has 2 heterocycles. The van der Waals surface area contributed by atoms with E-state index in [2.05, 4.69) is 10.3 Å². The van der Waals surface area contributed by atoms with E-state index in [1.165, 1.54) is 11.3 Å². The first kappa shape index (κ1) is 11.9. The van der Waals surface area contributed by atoms with Crippen molar-refractivity contribution in [2.75, 3.05) is 11.9 Å². The highest BCUT2D eigenvalue weighted by Gasteiger charge is 2.09. The smallest absolute Gasteiger partial charge is 0.357 e. The van der Waals surface area contributed by atoms with Crippen molar-refractivity contribution in [2.45, 2.75) is 6.42 Å². The van der Waals surface area contributed by atoms with Gasteiger partial charge in [-0.2, -0.15) is 4.98 Å². The molecule has 0 amide bonds. The van der Waals surface area contributed by atoms with Gasteiger partial charge in [0.2, 0.25) is 0 Å². The minimum absolute atomic E-state index is 0.105. The Morgan fingerprint density at radius 3 is 3.00 bits per heavy atom. The molecular weight excluding hydrogens is 264 g/mol. The second-order valence-corrected chi connectivity index (χ2v) is 5.03. The van der Waals surface area contributed by atoms with E-state index in [-0.39, 0.29) is 11.7 Å². The molecule has 0 unspecified atom stereocenters. The molecule has 0 saturated heterocycles. The van der Waals surface area contributed by atoms with Crippen molar-refractivity contribution in [3.05, 3.63) is 33.3 Å². The van der Waals surface area contributed by atoms with E-state index < -0.39 is 5.97 Å². The van der Waals surface area contributed by atoms with Crippen LogP contribution in [-0.2, 0) is 6.42 Å². The van der Waals surface area contributed by atoms with Crippen LogP contribution in [0.2, 0.25) is 4.34 Å². The van der Waals surface area contributed by atoms with Gasteiger partial charge in [-0.3, -0.25) is 0 Å². The fraction of sp³-hybridized carbons (Fsp3) is 0.200. The third-order valence-corrected chi connectivity index (χ3v) is 3.29. The number of nitrogens with one attached hydrogen (secondary N) is 1. The van der Waals surface area contributed by atoms with Crippen LogP contribution in [0, 0.1) is 0 Å². The highest BCUT2D eigenvalue weighted by Crippen LogP contribution is 2.21. The lowest BCUT2D eigenvalue weighted by atomic mass is 10.3. The van der Waals surface area contributed by atoms with Gasteiger partial charge in [0.1, 0.15) is 6.26 Å². The zero-order chi connectivity index (χ0) is 12.3. The van der Waals surface area contributed by atoms with Crippen LogP contribution in [0.25, 0.3) is 0 Å². The maximum Gasteiger partial charge on any atom is 0.357 e. The highest BCUT2D eigenvalue weighted by atomic mass is 35.5. The quantitative estimate of drug-likeness (QED) is 0.875. The van der Waals surface area contributed by atoms with Crippen molar-refractivity contribution in [3.8, 4) is 0 Å². The highest BCUT2D eigenvalue weighted by molar-refractivity contribution is 7.16. The third kappa shape index (κ3) is 3.21. The first-order valence-electron chi connectivity index (χ1n) is 4.82. The van der Waals surface area contributed by atoms with Gasteiger partial charge >= 0.3 is 5.97 Å². The predicted molar refractivity (Wildman–Crippen MR) is 65.0 cm³/mol. The molecule has 0 fully saturated rings. The molecule has 0 spiro atoms. The van der Waals surface area contributed by atoms with Gasteiger partial charge in [0, 0.05) is 11.4 Å². The number of hydrogen-bond acceptors (Lipinski definition) is 5. The molecule has 7 heteroatoms. The summed E-state index contributed by atoms with van der Waals surface area (Å²) in [6, 6.07) is 4.01. The van der Waals surface area contributed by atoms with E-state index in [1.54, 1.807) is 0 Å². The van der Waals surface area contributed by atoms with Gasteiger partial charge in [-0.25, -0.2) is 4.79 Å². The summed E-state index contributed by atoms with van der Waals surface area (Å²) >= 11 is 7.31. The molecule has 90 valence electrons. The average Bonchev–Trinajstić information content (AvgIpc) is 2.88. The van der Waals surface area contributed by atoms with Gasteiger partial charge < -0.3 is 14.8 Å². The van der Waals surface area contributed by atoms with Crippen molar-refractivity contribution in [1.82, 2.24) is 4.98 Å². The summed E-state index contributed by atoms with van der Waals surface area (Å²) in [6.45, 7) is 0.608. The number of rotatable bonds is 5. The number of carbonyl (C=O) groups is 1. The number of anilines is 1. The van der Waals surface area contributed by atoms with Crippen LogP contribution < -0.4 is 5.32 Å². The van der Waals surface area contributed by atoms with Crippen LogP contribution in [-0.4, -0.2) is 22.6 Å². The summed E-state index contributed by atoms with van der Waals surface area (Å²) in [5, 5.41) is 11.5. The first-order chi connectivity index (χ1) is 8.15. The Morgan fingerprint density at radius 1 is 1.59 bits per heavy atom. The third-order valence-electron chi connectivity index (χ3n) is 2.00. The van der Waals surface area contributed by atoms with Crippen molar-refractivity contribution in [3.63, 3.8) is 0 Å². The second-order valence-electron chi connectivity index (χ2n) is 3.23. The van der Waals surface area contributed by atoms with Crippen LogP contribution >= 0.6 is 22.9 Å². The first-order valence-corrected chi connectivity index (χ1v) is 6.01. The molecule has 0 aromatic carbocycles. The van der Waals surface area contributed by atoms with Gasteiger partial charge in [-0.1, -0.05) is 11.6 Å². The van der Waals surface area contributed by atoms with E-state index in [0.717, 1.165) is 21.9 Å². The van der Waals surface area contributed by atoms with Crippen LogP contribution in [0.5, 0.6) is 0 Å². The molecule has 0 aliphatic heterocycles. The SMILES string of the molecule is O=C(O)c1coc(NCCc2ccc(Cl)s2)n1. The van der Waals surface area contributed by atoms with Gasteiger partial charge in [-0.15, -0.1) is 11.3 Å². The molecule has 0 aliphatic rings. The van der Waals surface area contributed by atoms with Crippen molar-refractivity contribution < 1.29 is 14.3 Å². The molecule has 0 atom stereocenters. The summed E-state index contributed by atoms with van der Waals surface area (Å²) < 4.78 is 5.70. The Bertz CT molecular complexity index is 523. The van der Waals surface area contributed by atoms with Crippen molar-refractivity contribution >= 4 is 34.9 Å². The molecule has 5 nitrogen and oxygen atoms in total. The summed E-state index contributed by atoms with van der Waals surface area (Å²) in [5.41, 5.74) is -0.105. The number of aromatic nitrogens is 1. The van der Waals surface area contributed by atoms with Gasteiger partial charge in [0.05, 0.1) is 4.34 Å². The average molecular weight is 273 g/mol. The van der Waals surface area contributed by atoms with E-state index in [4.69, 9.17) is 21.1 Å². The normalized spacial score (nSPS) is 10.4. The Balaban J connectivity index is 1.83. The molecular formula is C10H9ClN2O3S. The van der Waals surface area contributed by atoms with Crippen LogP contribution in [0.15, 0.2) is 22.8 Å². The number of aromatic carboxylic acids is 1. The number of carboxylic acid groups (broad SMARTS) is 1. The lowest BCUT2D eigenvalue weighted by Gasteiger charge is -1.98. The number of halogens is 1. The Labute approximate surface area is 106 Å². The summed E-state index contributed by atoms with van der Waals surface area (Å²) in [5.74, 6) is -1.10. The minimum Gasteiger partial charge on any atom is -0.476 e. The number of nitrogens with zero attached hydrogens (tertiary/aromatic N) is 1. The van der Waals surface area contributed by atoms with Crippen molar-refractivity contribution in [2.24, 2.45) is 0 Å². The fourth-order valence-electron chi connectivity index (χ4n) is 1.23. The largest absolute Gasteiger partial charge is 0.476 e. The number of thiophene rings is 1. The molecule has 0 aliphatic carbocycles. The maximum atomic E-state index is 10.5. The molecule has 2 aromatic rings. The van der Waals surface area contributed by atoms with Crippen LogP contribution in [0.1, 0.15) is 15.4 Å². The molecule has 17 heavy (non-hydrogen) atoms. The lowest BCUT2D eigenvalue weighted by molar-refractivity contribution is 0.0690. The van der Waals surface area contributed by atoms with E-state index in [1.807, 2.05) is 12.1 Å². The van der Waals surface area contributed by atoms with Crippen molar-refractivity contribution in [1.29, 1.82) is 0 Å². The summed E-state index contributed by atoms with van der Waals surface area (Å²) in [7, 11) is 0. The van der Waals surface area contributed by atoms with Gasteiger partial charge in [0.25, 0.3) is 6.01 Å². The second kappa shape index (κ2) is 5.20. The van der Waals surface area contributed by atoms with Crippen LogP contribution in [0.3, 0.4) is 0 Å². The standard InChI is InChI=1S/C10H9ClN2O3S/c11-8-2-1-6(17-8)3-4-12-10-13-7(5-16-10)9(14)15/h1-2,5H,3-4H2,(H,12,13)(H,14,15). The Kier molecular flexibility index (Phi) is 3.65. The number of oxazole rings is 1. The zero-order valence-electron chi connectivity index (χ0n) is 8.64. The maximum absolute atomic E-state index is 10.5. The summed E-state index contributed by atoms with van der Waals surface area (Å²) in [6.07, 6.45) is 1.88. The number of carboxylic acids is 1. The monoisotopic (exact) mass is 272 g/mol. The Hall–Kier alpha value is -1.53. The van der Waals surface area contributed by atoms with E-state index >= 15 is 0 Å². The zero-order valence-corrected chi connectivity index (χ0v) is 10.2. The fourth-order valence-corrected chi connectivity index (χ4v) is 2.32. The number of hydrogen-bond donors (Lipinski definition) is 2. The molecule has 0 saturated carbocycles.